The Morgan fingerprint density at radius 3 is 2.60 bits per heavy atom. The van der Waals surface area contributed by atoms with Crippen molar-refractivity contribution in [2.24, 2.45) is 7.05 Å². The second-order valence-electron chi connectivity index (χ2n) is 10.2. The largest absolute Gasteiger partial charge is 0.497 e. The predicted molar refractivity (Wildman–Crippen MR) is 152 cm³/mol. The van der Waals surface area contributed by atoms with Crippen molar-refractivity contribution in [3.63, 3.8) is 0 Å². The van der Waals surface area contributed by atoms with Crippen molar-refractivity contribution in [1.29, 1.82) is 0 Å². The fourth-order valence-electron chi connectivity index (χ4n) is 5.59. The van der Waals surface area contributed by atoms with Gasteiger partial charge in [-0.1, -0.05) is 0 Å². The van der Waals surface area contributed by atoms with Crippen molar-refractivity contribution in [2.45, 2.75) is 19.1 Å². The number of ether oxygens (including phenoxy) is 1. The number of methoxy groups -OCH3 is 1. The summed E-state index contributed by atoms with van der Waals surface area (Å²) in [4.78, 5) is 37.0. The number of alkyl halides is 3. The van der Waals surface area contributed by atoms with Crippen LogP contribution < -0.4 is 15.0 Å². The van der Waals surface area contributed by atoms with E-state index in [-0.39, 0.29) is 41.5 Å². The van der Waals surface area contributed by atoms with E-state index in [0.717, 1.165) is 4.68 Å². The summed E-state index contributed by atoms with van der Waals surface area (Å²) in [6.07, 6.45) is 3.38. The van der Waals surface area contributed by atoms with Gasteiger partial charge in [-0.15, -0.1) is 0 Å². The fraction of sp³-hybridized carbons (Fsp3) is 0.233. The highest BCUT2D eigenvalue weighted by molar-refractivity contribution is 6.15. The van der Waals surface area contributed by atoms with Gasteiger partial charge in [-0.3, -0.25) is 19.3 Å². The molecule has 0 saturated carbocycles. The molecule has 3 aromatic heterocycles. The number of aryl methyl sites for hydroxylation is 1. The number of hydrogen-bond donors (Lipinski definition) is 1. The molecule has 0 unspecified atom stereocenters. The third-order valence-corrected chi connectivity index (χ3v) is 7.48. The van der Waals surface area contributed by atoms with Gasteiger partial charge in [0.15, 0.2) is 5.69 Å². The van der Waals surface area contributed by atoms with E-state index in [1.54, 1.807) is 58.5 Å². The van der Waals surface area contributed by atoms with E-state index in [2.05, 4.69) is 20.4 Å². The molecular weight excluding hydrogens is 563 g/mol. The number of benzene rings is 2. The lowest BCUT2D eigenvalue weighted by Gasteiger charge is -2.31. The Bertz CT molecular complexity index is 1880. The number of pyridine rings is 1. The number of nitrogens with one attached hydrogen (secondary N) is 1. The van der Waals surface area contributed by atoms with Crippen LogP contribution in [0.15, 0.2) is 61.4 Å². The zero-order chi connectivity index (χ0) is 30.5. The van der Waals surface area contributed by atoms with Gasteiger partial charge in [-0.2, -0.15) is 18.3 Å². The number of carbonyl (C=O) groups excluding carboxylic acids is 2. The van der Waals surface area contributed by atoms with Crippen molar-refractivity contribution in [3.05, 3.63) is 89.4 Å². The highest BCUT2D eigenvalue weighted by atomic mass is 19.4. The average Bonchev–Trinajstić information content (AvgIpc) is 3.65. The molecule has 0 saturated heterocycles. The van der Waals surface area contributed by atoms with Gasteiger partial charge < -0.3 is 19.5 Å². The van der Waals surface area contributed by atoms with Crippen LogP contribution in [0.25, 0.3) is 22.0 Å². The fourth-order valence-corrected chi connectivity index (χ4v) is 5.59. The maximum atomic E-state index is 14.2. The highest BCUT2D eigenvalue weighted by Gasteiger charge is 2.39. The number of aromatic nitrogens is 5. The lowest BCUT2D eigenvalue weighted by molar-refractivity contribution is -0.141. The van der Waals surface area contributed by atoms with Crippen LogP contribution in [-0.4, -0.2) is 56.8 Å². The Labute approximate surface area is 243 Å². The van der Waals surface area contributed by atoms with Gasteiger partial charge in [0, 0.05) is 68.5 Å². The van der Waals surface area contributed by atoms with Crippen molar-refractivity contribution < 1.29 is 27.5 Å². The quantitative estimate of drug-likeness (QED) is 0.313. The van der Waals surface area contributed by atoms with E-state index in [1.165, 1.54) is 33.6 Å². The number of anilines is 1. The molecule has 43 heavy (non-hydrogen) atoms. The molecule has 0 atom stereocenters. The number of nitrogens with zero attached hydrogens (tertiary/aromatic N) is 6. The van der Waals surface area contributed by atoms with Crippen molar-refractivity contribution >= 4 is 28.4 Å². The molecule has 220 valence electrons. The molecular formula is C30H26F3N7O3. The number of fused-ring (bicyclic) bond motifs is 2. The SMILES string of the molecule is CNC(=O)c1cc(OC)cc2c(N3CCc4c(cc(Cn5ccnc5)cc4-c4cn(C)nc4C(F)(F)F)C3=O)ccnc12. The van der Waals surface area contributed by atoms with E-state index in [9.17, 15) is 22.8 Å². The Balaban J connectivity index is 1.53. The van der Waals surface area contributed by atoms with Crippen LogP contribution in [0.2, 0.25) is 0 Å². The normalized spacial score (nSPS) is 13.3. The third kappa shape index (κ3) is 4.96. The van der Waals surface area contributed by atoms with Crippen LogP contribution in [0, 0.1) is 0 Å². The molecule has 2 amide bonds. The molecule has 5 aromatic rings. The van der Waals surface area contributed by atoms with Crippen LogP contribution >= 0.6 is 0 Å². The van der Waals surface area contributed by atoms with Gasteiger partial charge in [0.1, 0.15) is 5.75 Å². The Hall–Kier alpha value is -5.20. The molecule has 0 aliphatic carbocycles. The summed E-state index contributed by atoms with van der Waals surface area (Å²) in [5.41, 5.74) is 1.80. The van der Waals surface area contributed by atoms with E-state index >= 15 is 0 Å². The first-order valence-electron chi connectivity index (χ1n) is 13.3. The van der Waals surface area contributed by atoms with Crippen LogP contribution in [-0.2, 0) is 26.2 Å². The van der Waals surface area contributed by atoms with Gasteiger partial charge in [0.05, 0.1) is 30.2 Å². The number of amides is 2. The van der Waals surface area contributed by atoms with E-state index < -0.39 is 11.9 Å². The molecule has 0 bridgehead atoms. The molecule has 2 aromatic carbocycles. The Morgan fingerprint density at radius 2 is 1.91 bits per heavy atom. The molecule has 13 heteroatoms. The van der Waals surface area contributed by atoms with Gasteiger partial charge in [-0.05, 0) is 53.4 Å². The molecule has 0 fully saturated rings. The number of rotatable bonds is 6. The number of carbonyl (C=O) groups is 2. The summed E-state index contributed by atoms with van der Waals surface area (Å²) < 4.78 is 50.5. The molecule has 1 aliphatic heterocycles. The number of imidazole rings is 1. The minimum Gasteiger partial charge on any atom is -0.497 e. The molecule has 0 spiro atoms. The molecule has 6 rings (SSSR count). The highest BCUT2D eigenvalue weighted by Crippen LogP contribution is 2.41. The zero-order valence-electron chi connectivity index (χ0n) is 23.4. The van der Waals surface area contributed by atoms with Gasteiger partial charge >= 0.3 is 6.18 Å². The van der Waals surface area contributed by atoms with E-state index in [0.29, 0.717) is 45.6 Å². The summed E-state index contributed by atoms with van der Waals surface area (Å²) in [5, 5.41) is 6.83. The Kier molecular flexibility index (Phi) is 6.87. The van der Waals surface area contributed by atoms with Crippen molar-refractivity contribution in [3.8, 4) is 16.9 Å². The summed E-state index contributed by atoms with van der Waals surface area (Å²) >= 11 is 0. The lowest BCUT2D eigenvalue weighted by atomic mass is 9.87. The van der Waals surface area contributed by atoms with Crippen LogP contribution in [0.1, 0.15) is 37.5 Å². The van der Waals surface area contributed by atoms with Crippen LogP contribution in [0.5, 0.6) is 5.75 Å². The topological polar surface area (TPSA) is 107 Å². The van der Waals surface area contributed by atoms with Gasteiger partial charge in [0.2, 0.25) is 0 Å². The summed E-state index contributed by atoms with van der Waals surface area (Å²) in [6.45, 7) is 0.479. The second-order valence-corrected chi connectivity index (χ2v) is 10.2. The van der Waals surface area contributed by atoms with Crippen LogP contribution in [0.3, 0.4) is 0 Å². The maximum Gasteiger partial charge on any atom is 0.435 e. The molecule has 1 aliphatic rings. The summed E-state index contributed by atoms with van der Waals surface area (Å²) in [5.74, 6) is -0.342. The maximum absolute atomic E-state index is 14.2. The number of halogens is 3. The third-order valence-electron chi connectivity index (χ3n) is 7.48. The van der Waals surface area contributed by atoms with E-state index in [1.807, 2.05) is 0 Å². The first-order chi connectivity index (χ1) is 20.6. The van der Waals surface area contributed by atoms with E-state index in [4.69, 9.17) is 4.74 Å². The molecule has 4 heterocycles. The zero-order valence-corrected chi connectivity index (χ0v) is 23.4. The lowest BCUT2D eigenvalue weighted by Crippen LogP contribution is -2.38. The van der Waals surface area contributed by atoms with Gasteiger partial charge in [-0.25, -0.2) is 4.98 Å². The first-order valence-corrected chi connectivity index (χ1v) is 13.3. The van der Waals surface area contributed by atoms with Crippen molar-refractivity contribution in [1.82, 2.24) is 29.6 Å². The minimum atomic E-state index is -4.69. The average molecular weight is 590 g/mol. The van der Waals surface area contributed by atoms with Crippen molar-refractivity contribution in [2.75, 3.05) is 25.6 Å². The first kappa shape index (κ1) is 27.9. The molecule has 1 N–H and O–H groups in total. The monoisotopic (exact) mass is 589 g/mol. The van der Waals surface area contributed by atoms with Gasteiger partial charge in [0.25, 0.3) is 11.8 Å². The number of hydrogen-bond acceptors (Lipinski definition) is 6. The molecule has 10 nitrogen and oxygen atoms in total. The predicted octanol–water partition coefficient (Wildman–Crippen LogP) is 4.47. The van der Waals surface area contributed by atoms with Crippen LogP contribution in [0.4, 0.5) is 18.9 Å². The Morgan fingerprint density at radius 1 is 1.12 bits per heavy atom. The smallest absolute Gasteiger partial charge is 0.435 e. The summed E-state index contributed by atoms with van der Waals surface area (Å²) in [6, 6.07) is 8.37. The molecule has 0 radical (unpaired) electrons. The summed E-state index contributed by atoms with van der Waals surface area (Å²) in [7, 11) is 4.42. The standard InChI is InChI=1S/C30H26F3N7O3/c1-34-28(41)23-13-18(43-3)12-22-25(4-6-36-26(22)23)40-8-5-19-20(24-15-38(2)37-27(24)30(31,32)33)10-17(11-21(19)29(40)42)14-39-9-7-35-16-39/h4,6-7,9-13,15-16H,5,8,14H2,1-3H3,(H,34,41). The second kappa shape index (κ2) is 10.6. The minimum absolute atomic E-state index is 0.0886.